The first-order chi connectivity index (χ1) is 12.8. The van der Waals surface area contributed by atoms with E-state index in [2.05, 4.69) is 10.2 Å². The van der Waals surface area contributed by atoms with Gasteiger partial charge in [-0.2, -0.15) is 0 Å². The lowest BCUT2D eigenvalue weighted by Gasteiger charge is -2.34. The molecule has 1 saturated carbocycles. The number of carbonyl (C=O) groups is 2. The van der Waals surface area contributed by atoms with E-state index in [-0.39, 0.29) is 23.1 Å². The molecular formula is C18H25N3O5S. The average molecular weight is 395 g/mol. The number of benzene rings is 1. The third-order valence-corrected chi connectivity index (χ3v) is 6.50. The van der Waals surface area contributed by atoms with Crippen molar-refractivity contribution in [3.63, 3.8) is 0 Å². The summed E-state index contributed by atoms with van der Waals surface area (Å²) in [5.74, 6) is -0.177. The molecule has 2 fully saturated rings. The number of nitrogens with one attached hydrogen (secondary N) is 1. The predicted octanol–water partition coefficient (Wildman–Crippen LogP) is 0.794. The topological polar surface area (TPSA) is 96.0 Å². The molecule has 1 aliphatic heterocycles. The van der Waals surface area contributed by atoms with Crippen LogP contribution in [0.4, 0.5) is 4.79 Å². The average Bonchev–Trinajstić information content (AvgIpc) is 3.51. The van der Waals surface area contributed by atoms with Crippen LogP contribution in [0.25, 0.3) is 0 Å². The summed E-state index contributed by atoms with van der Waals surface area (Å²) in [6.45, 7) is 4.23. The second-order valence-corrected chi connectivity index (χ2v) is 8.76. The normalized spacial score (nSPS) is 18.2. The number of nitrogens with zero attached hydrogens (tertiary/aromatic N) is 2. The summed E-state index contributed by atoms with van der Waals surface area (Å²) < 4.78 is 30.2. The van der Waals surface area contributed by atoms with E-state index in [4.69, 9.17) is 4.74 Å². The van der Waals surface area contributed by atoms with Crippen LogP contribution in [0.15, 0.2) is 23.1 Å². The summed E-state index contributed by atoms with van der Waals surface area (Å²) in [5.41, 5.74) is 0.687. The predicted molar refractivity (Wildman–Crippen MR) is 99.5 cm³/mol. The highest BCUT2D eigenvalue weighted by atomic mass is 32.2. The third-order valence-electron chi connectivity index (χ3n) is 4.97. The van der Waals surface area contributed by atoms with E-state index in [0.717, 1.165) is 13.1 Å². The smallest absolute Gasteiger partial charge is 0.341 e. The van der Waals surface area contributed by atoms with Gasteiger partial charge in [-0.1, -0.05) is 6.07 Å². The molecule has 1 aromatic rings. The second-order valence-electron chi connectivity index (χ2n) is 6.95. The molecule has 2 aliphatic rings. The Morgan fingerprint density at radius 1 is 1.19 bits per heavy atom. The van der Waals surface area contributed by atoms with E-state index in [1.165, 1.54) is 32.1 Å². The maximum Gasteiger partial charge on any atom is 0.341 e. The summed E-state index contributed by atoms with van der Waals surface area (Å²) >= 11 is 0. The van der Waals surface area contributed by atoms with Gasteiger partial charge < -0.3 is 15.0 Å². The highest BCUT2D eigenvalue weighted by Crippen LogP contribution is 2.27. The molecule has 0 radical (unpaired) electrons. The van der Waals surface area contributed by atoms with E-state index in [9.17, 15) is 18.0 Å². The van der Waals surface area contributed by atoms with Crippen molar-refractivity contribution in [1.82, 2.24) is 15.1 Å². The fraction of sp³-hybridized carbons (Fsp3) is 0.556. The molecule has 1 N–H and O–H groups in total. The van der Waals surface area contributed by atoms with E-state index in [1.807, 2.05) is 0 Å². The van der Waals surface area contributed by atoms with Gasteiger partial charge in [0.05, 0.1) is 13.7 Å². The zero-order valence-electron chi connectivity index (χ0n) is 15.6. The van der Waals surface area contributed by atoms with Gasteiger partial charge in [-0.05, 0) is 37.5 Å². The molecule has 1 aliphatic carbocycles. The van der Waals surface area contributed by atoms with Crippen LogP contribution in [0.1, 0.15) is 18.4 Å². The molecule has 3 rings (SSSR count). The van der Waals surface area contributed by atoms with Gasteiger partial charge in [-0.15, -0.1) is 0 Å². The number of piperazine rings is 1. The van der Waals surface area contributed by atoms with Gasteiger partial charge in [0.1, 0.15) is 10.6 Å². The molecule has 1 aromatic carbocycles. The molecule has 2 amide bonds. The molecule has 27 heavy (non-hydrogen) atoms. The van der Waals surface area contributed by atoms with Crippen molar-refractivity contribution in [2.24, 2.45) is 0 Å². The third kappa shape index (κ3) is 4.41. The Morgan fingerprint density at radius 3 is 2.44 bits per heavy atom. The summed E-state index contributed by atoms with van der Waals surface area (Å²) in [6, 6.07) is 5.24. The fourth-order valence-electron chi connectivity index (χ4n) is 3.22. The molecule has 8 nitrogen and oxygen atoms in total. The highest BCUT2D eigenvalue weighted by Gasteiger charge is 2.33. The minimum absolute atomic E-state index is 0.0956. The Kier molecular flexibility index (Phi) is 5.71. The van der Waals surface area contributed by atoms with Crippen LogP contribution in [0.2, 0.25) is 0 Å². The number of hydrogen-bond donors (Lipinski definition) is 1. The van der Waals surface area contributed by atoms with Gasteiger partial charge in [0.25, 0.3) is 9.84 Å². The van der Waals surface area contributed by atoms with Gasteiger partial charge in [-0.25, -0.2) is 8.42 Å². The quantitative estimate of drug-likeness (QED) is 0.792. The minimum atomic E-state index is -4.30. The maximum absolute atomic E-state index is 12.6. The molecule has 0 aromatic heterocycles. The molecule has 0 unspecified atom stereocenters. The van der Waals surface area contributed by atoms with Crippen LogP contribution in [-0.2, 0) is 14.6 Å². The molecule has 1 heterocycles. The minimum Gasteiger partial charge on any atom is -0.495 e. The van der Waals surface area contributed by atoms with Crippen molar-refractivity contribution < 1.29 is 22.7 Å². The molecule has 0 spiro atoms. The summed E-state index contributed by atoms with van der Waals surface area (Å²) in [6.07, 6.45) is 2.45. The number of sulfone groups is 1. The van der Waals surface area contributed by atoms with Gasteiger partial charge in [0.2, 0.25) is 5.91 Å². The van der Waals surface area contributed by atoms with Crippen LogP contribution >= 0.6 is 0 Å². The number of methoxy groups -OCH3 is 1. The Morgan fingerprint density at radius 2 is 1.85 bits per heavy atom. The number of ether oxygens (including phenoxy) is 1. The first-order valence-electron chi connectivity index (χ1n) is 9.02. The molecule has 0 atom stereocenters. The molecular weight excluding hydrogens is 370 g/mol. The van der Waals surface area contributed by atoms with Crippen LogP contribution in [-0.4, -0.2) is 75.2 Å². The zero-order valence-corrected chi connectivity index (χ0v) is 16.4. The Hall–Kier alpha value is -2.13. The van der Waals surface area contributed by atoms with Crippen molar-refractivity contribution >= 4 is 21.0 Å². The van der Waals surface area contributed by atoms with Crippen LogP contribution in [0.5, 0.6) is 5.75 Å². The Labute approximate surface area is 159 Å². The van der Waals surface area contributed by atoms with E-state index >= 15 is 0 Å². The van der Waals surface area contributed by atoms with Gasteiger partial charge >= 0.3 is 5.24 Å². The number of rotatable bonds is 5. The van der Waals surface area contributed by atoms with Crippen molar-refractivity contribution in [3.05, 3.63) is 23.8 Å². The van der Waals surface area contributed by atoms with Gasteiger partial charge in [-0.3, -0.25) is 14.5 Å². The lowest BCUT2D eigenvalue weighted by molar-refractivity contribution is -0.131. The monoisotopic (exact) mass is 395 g/mol. The second kappa shape index (κ2) is 7.85. The van der Waals surface area contributed by atoms with Crippen molar-refractivity contribution in [3.8, 4) is 5.75 Å². The Bertz CT molecular complexity index is 827. The van der Waals surface area contributed by atoms with Crippen LogP contribution in [0.3, 0.4) is 0 Å². The van der Waals surface area contributed by atoms with E-state index in [1.54, 1.807) is 17.9 Å². The summed E-state index contributed by atoms with van der Waals surface area (Å²) in [7, 11) is -2.96. The molecule has 148 valence electrons. The Balaban J connectivity index is 1.58. The lowest BCUT2D eigenvalue weighted by atomic mass is 10.2. The number of hydrogen-bond acceptors (Lipinski definition) is 6. The van der Waals surface area contributed by atoms with Gasteiger partial charge in [0, 0.05) is 32.2 Å². The maximum atomic E-state index is 12.6. The van der Waals surface area contributed by atoms with Crippen LogP contribution < -0.4 is 10.1 Å². The number of carbonyl (C=O) groups excluding carboxylic acids is 2. The number of amides is 2. The SMILES string of the molecule is COc1ccc(C)cc1S(=O)(=O)C(=O)NCC(=O)N1CCN(C2CC2)CC1. The van der Waals surface area contributed by atoms with Crippen LogP contribution in [0, 0.1) is 6.92 Å². The summed E-state index contributed by atoms with van der Waals surface area (Å²) in [4.78, 5) is 28.4. The zero-order chi connectivity index (χ0) is 19.6. The van der Waals surface area contributed by atoms with Crippen molar-refractivity contribution in [1.29, 1.82) is 0 Å². The number of aryl methyl sites for hydroxylation is 1. The first kappa shape index (κ1) is 19.6. The fourth-order valence-corrected chi connectivity index (χ4v) is 4.44. The molecule has 9 heteroatoms. The van der Waals surface area contributed by atoms with Crippen molar-refractivity contribution in [2.45, 2.75) is 30.7 Å². The largest absolute Gasteiger partial charge is 0.495 e. The lowest BCUT2D eigenvalue weighted by Crippen LogP contribution is -2.51. The molecule has 0 bridgehead atoms. The van der Waals surface area contributed by atoms with E-state index < -0.39 is 15.1 Å². The standard InChI is InChI=1S/C18H25N3O5S/c1-13-3-6-15(26-2)16(11-13)27(24,25)18(23)19-12-17(22)21-9-7-20(8-10-21)14-4-5-14/h3,6,11,14H,4-5,7-10,12H2,1-2H3,(H,19,23). The first-order valence-corrected chi connectivity index (χ1v) is 10.5. The highest BCUT2D eigenvalue weighted by molar-refractivity contribution is 8.06. The van der Waals surface area contributed by atoms with E-state index in [0.29, 0.717) is 24.7 Å². The van der Waals surface area contributed by atoms with Gasteiger partial charge in [0.15, 0.2) is 0 Å². The molecule has 1 saturated heterocycles. The van der Waals surface area contributed by atoms with Crippen molar-refractivity contribution in [2.75, 3.05) is 39.8 Å². The summed E-state index contributed by atoms with van der Waals surface area (Å²) in [5, 5.41) is 1.05.